The molecule has 134 valence electrons. The normalized spacial score (nSPS) is 11.2. The summed E-state index contributed by atoms with van der Waals surface area (Å²) in [5.41, 5.74) is 2.18. The molecule has 0 aliphatic heterocycles. The van der Waals surface area contributed by atoms with E-state index in [4.69, 9.17) is 0 Å². The van der Waals surface area contributed by atoms with Gasteiger partial charge in [-0.25, -0.2) is 9.97 Å². The van der Waals surface area contributed by atoms with Gasteiger partial charge in [-0.05, 0) is 13.8 Å². The molecule has 0 radical (unpaired) electrons. The largest absolute Gasteiger partial charge is 0.351 e. The van der Waals surface area contributed by atoms with Crippen LogP contribution < -0.4 is 15.5 Å². The molecule has 24 heavy (non-hydrogen) atoms. The average Bonchev–Trinajstić information content (AvgIpc) is 3.02. The van der Waals surface area contributed by atoms with Gasteiger partial charge in [0.2, 0.25) is 5.95 Å². The number of aromatic nitrogens is 3. The number of halogens is 1. The molecular formula is C15H26IN7S. The lowest BCUT2D eigenvalue weighted by molar-refractivity contribution is 0.744. The number of imidazole rings is 1. The molecule has 0 atom stereocenters. The lowest BCUT2D eigenvalue weighted by Crippen LogP contribution is -2.36. The molecule has 0 aliphatic rings. The van der Waals surface area contributed by atoms with Gasteiger partial charge < -0.3 is 20.1 Å². The van der Waals surface area contributed by atoms with E-state index in [-0.39, 0.29) is 24.0 Å². The highest BCUT2D eigenvalue weighted by Crippen LogP contribution is 2.16. The summed E-state index contributed by atoms with van der Waals surface area (Å²) in [6.07, 6.45) is 1.88. The number of aryl methyl sites for hydroxylation is 2. The number of hydrogen-bond donors (Lipinski definition) is 2. The molecule has 2 heterocycles. The van der Waals surface area contributed by atoms with Crippen LogP contribution in [0.15, 0.2) is 11.2 Å². The Kier molecular flexibility index (Phi) is 7.94. The van der Waals surface area contributed by atoms with Crippen molar-refractivity contribution < 1.29 is 0 Å². The molecule has 0 saturated carbocycles. The molecule has 0 bridgehead atoms. The second-order valence-electron chi connectivity index (χ2n) is 5.52. The molecule has 0 aromatic carbocycles. The number of guanidine groups is 1. The van der Waals surface area contributed by atoms with Gasteiger partial charge in [-0.3, -0.25) is 4.99 Å². The van der Waals surface area contributed by atoms with E-state index in [1.165, 1.54) is 4.88 Å². The van der Waals surface area contributed by atoms with Crippen LogP contribution in [-0.2, 0) is 20.1 Å². The van der Waals surface area contributed by atoms with Crippen LogP contribution in [-0.4, -0.2) is 41.6 Å². The summed E-state index contributed by atoms with van der Waals surface area (Å²) >= 11 is 1.71. The zero-order chi connectivity index (χ0) is 17.0. The Bertz CT molecular complexity index is 690. The number of aliphatic imine (C=N–C) groups is 1. The van der Waals surface area contributed by atoms with Crippen molar-refractivity contribution in [2.45, 2.75) is 26.9 Å². The molecule has 2 rings (SSSR count). The minimum atomic E-state index is 0. The van der Waals surface area contributed by atoms with Crippen LogP contribution >= 0.6 is 35.3 Å². The fourth-order valence-electron chi connectivity index (χ4n) is 2.31. The monoisotopic (exact) mass is 463 g/mol. The standard InChI is InChI=1S/C15H25N7S.HI/c1-10-13(23-11(2)20-10)9-18-14(16-3)17-7-12-8-19-15(21(4)5)22(12)6;/h8H,7,9H2,1-6H3,(H2,16,17,18);1H. The Labute approximate surface area is 164 Å². The van der Waals surface area contributed by atoms with Gasteiger partial charge in [-0.15, -0.1) is 35.3 Å². The summed E-state index contributed by atoms with van der Waals surface area (Å²) in [4.78, 5) is 16.3. The molecule has 0 amide bonds. The molecule has 0 aliphatic carbocycles. The lowest BCUT2D eigenvalue weighted by atomic mass is 10.4. The fourth-order valence-corrected chi connectivity index (χ4v) is 3.19. The van der Waals surface area contributed by atoms with Gasteiger partial charge in [0.25, 0.3) is 0 Å². The maximum Gasteiger partial charge on any atom is 0.204 e. The Balaban J connectivity index is 0.00000288. The second-order valence-corrected chi connectivity index (χ2v) is 6.81. The van der Waals surface area contributed by atoms with Gasteiger partial charge in [0.1, 0.15) is 0 Å². The Morgan fingerprint density at radius 1 is 1.29 bits per heavy atom. The minimum absolute atomic E-state index is 0. The Morgan fingerprint density at radius 2 is 1.96 bits per heavy atom. The van der Waals surface area contributed by atoms with E-state index >= 15 is 0 Å². The third kappa shape index (κ3) is 5.07. The van der Waals surface area contributed by atoms with E-state index in [2.05, 4.69) is 30.2 Å². The maximum absolute atomic E-state index is 4.44. The number of nitrogens with zero attached hydrogens (tertiary/aromatic N) is 5. The molecule has 7 nitrogen and oxygen atoms in total. The average molecular weight is 463 g/mol. The summed E-state index contributed by atoms with van der Waals surface area (Å²) in [6, 6.07) is 0. The van der Waals surface area contributed by atoms with Crippen molar-refractivity contribution in [2.24, 2.45) is 12.0 Å². The zero-order valence-electron chi connectivity index (χ0n) is 15.0. The highest BCUT2D eigenvalue weighted by atomic mass is 127. The zero-order valence-corrected chi connectivity index (χ0v) is 18.2. The first kappa shape index (κ1) is 20.7. The summed E-state index contributed by atoms with van der Waals surface area (Å²) in [5, 5.41) is 7.74. The predicted octanol–water partition coefficient (Wildman–Crippen LogP) is 2.04. The van der Waals surface area contributed by atoms with E-state index in [9.17, 15) is 0 Å². The molecule has 0 unspecified atom stereocenters. The molecule has 0 saturated heterocycles. The van der Waals surface area contributed by atoms with Gasteiger partial charge in [-0.1, -0.05) is 0 Å². The second kappa shape index (κ2) is 9.21. The Morgan fingerprint density at radius 3 is 2.46 bits per heavy atom. The van der Waals surface area contributed by atoms with E-state index in [1.807, 2.05) is 46.1 Å². The Hall–Kier alpha value is -1.36. The summed E-state index contributed by atoms with van der Waals surface area (Å²) < 4.78 is 2.07. The van der Waals surface area contributed by atoms with Crippen LogP contribution in [0.25, 0.3) is 0 Å². The highest BCUT2D eigenvalue weighted by Gasteiger charge is 2.09. The number of nitrogens with one attached hydrogen (secondary N) is 2. The first-order valence-corrected chi connectivity index (χ1v) is 8.29. The van der Waals surface area contributed by atoms with Gasteiger partial charge in [0.05, 0.1) is 35.7 Å². The topological polar surface area (TPSA) is 70.4 Å². The van der Waals surface area contributed by atoms with Crippen molar-refractivity contribution in [3.63, 3.8) is 0 Å². The summed E-state index contributed by atoms with van der Waals surface area (Å²) in [5.74, 6) is 1.70. The van der Waals surface area contributed by atoms with E-state index in [0.717, 1.165) is 34.8 Å². The van der Waals surface area contributed by atoms with E-state index < -0.39 is 0 Å². The molecule has 0 fully saturated rings. The smallest absolute Gasteiger partial charge is 0.204 e. The van der Waals surface area contributed by atoms with Crippen molar-refractivity contribution in [3.8, 4) is 0 Å². The molecule has 2 aromatic rings. The first-order valence-electron chi connectivity index (χ1n) is 7.47. The van der Waals surface area contributed by atoms with Crippen molar-refractivity contribution in [1.82, 2.24) is 25.2 Å². The predicted molar refractivity (Wildman–Crippen MR) is 112 cm³/mol. The van der Waals surface area contributed by atoms with E-state index in [0.29, 0.717) is 6.54 Å². The highest BCUT2D eigenvalue weighted by molar-refractivity contribution is 14.0. The number of thiazole rings is 1. The van der Waals surface area contributed by atoms with Crippen LogP contribution in [0.1, 0.15) is 21.3 Å². The van der Waals surface area contributed by atoms with E-state index in [1.54, 1.807) is 18.4 Å². The fraction of sp³-hybridized carbons (Fsp3) is 0.533. The first-order chi connectivity index (χ1) is 10.9. The number of rotatable bonds is 5. The number of hydrogen-bond acceptors (Lipinski definition) is 5. The third-order valence-electron chi connectivity index (χ3n) is 3.54. The van der Waals surface area contributed by atoms with Gasteiger partial charge in [0.15, 0.2) is 5.96 Å². The van der Waals surface area contributed by atoms with Crippen LogP contribution in [0.2, 0.25) is 0 Å². The summed E-state index contributed by atoms with van der Waals surface area (Å²) in [6.45, 7) is 5.46. The molecule has 2 N–H and O–H groups in total. The van der Waals surface area contributed by atoms with Crippen LogP contribution in [0.5, 0.6) is 0 Å². The van der Waals surface area contributed by atoms with Gasteiger partial charge in [0, 0.05) is 33.1 Å². The van der Waals surface area contributed by atoms with Crippen LogP contribution in [0, 0.1) is 13.8 Å². The van der Waals surface area contributed by atoms with Crippen molar-refractivity contribution in [1.29, 1.82) is 0 Å². The molecule has 9 heteroatoms. The minimum Gasteiger partial charge on any atom is -0.351 e. The SMILES string of the molecule is CN=C(NCc1sc(C)nc1C)NCc1cnc(N(C)C)n1C.I. The molecule has 0 spiro atoms. The molecule has 2 aromatic heterocycles. The van der Waals surface area contributed by atoms with Crippen molar-refractivity contribution in [3.05, 3.63) is 27.5 Å². The van der Waals surface area contributed by atoms with Crippen molar-refractivity contribution in [2.75, 3.05) is 26.0 Å². The lowest BCUT2D eigenvalue weighted by Gasteiger charge is -2.14. The van der Waals surface area contributed by atoms with Crippen molar-refractivity contribution >= 4 is 47.2 Å². The number of anilines is 1. The maximum atomic E-state index is 4.44. The van der Waals surface area contributed by atoms with Crippen LogP contribution in [0.4, 0.5) is 5.95 Å². The summed E-state index contributed by atoms with van der Waals surface area (Å²) in [7, 11) is 7.76. The molecular weight excluding hydrogens is 437 g/mol. The van der Waals surface area contributed by atoms with Gasteiger partial charge >= 0.3 is 0 Å². The third-order valence-corrected chi connectivity index (χ3v) is 4.61. The quantitative estimate of drug-likeness (QED) is 0.404. The van der Waals surface area contributed by atoms with Gasteiger partial charge in [-0.2, -0.15) is 0 Å². The van der Waals surface area contributed by atoms with Crippen LogP contribution in [0.3, 0.4) is 0 Å².